The minimum Gasteiger partial charge on any atom is -0.495 e. The van der Waals surface area contributed by atoms with E-state index in [1.807, 2.05) is 7.05 Å². The number of piperidine rings is 1. The number of methoxy groups -OCH3 is 1. The molecule has 2 aliphatic rings. The first-order valence-corrected chi connectivity index (χ1v) is 15.2. The van der Waals surface area contributed by atoms with Gasteiger partial charge in [-0.3, -0.25) is 4.79 Å². The quantitative estimate of drug-likeness (QED) is 0.543. The zero-order valence-corrected chi connectivity index (χ0v) is 23.2. The van der Waals surface area contributed by atoms with Crippen LogP contribution in [0, 0.1) is 5.92 Å². The largest absolute Gasteiger partial charge is 0.495 e. The Hall–Kier alpha value is -2.22. The van der Waals surface area contributed by atoms with Crippen LogP contribution in [0.15, 0.2) is 52.3 Å². The third-order valence-electron chi connectivity index (χ3n) is 6.74. The zero-order valence-electron chi connectivity index (χ0n) is 20.8. The van der Waals surface area contributed by atoms with Crippen molar-refractivity contribution >= 4 is 43.2 Å². The van der Waals surface area contributed by atoms with Gasteiger partial charge in [-0.05, 0) is 62.4 Å². The summed E-state index contributed by atoms with van der Waals surface area (Å²) in [5, 5.41) is 2.99. The normalized spacial score (nSPS) is 20.5. The van der Waals surface area contributed by atoms with E-state index in [9.17, 15) is 21.6 Å². The number of nitrogens with zero attached hydrogens (tertiary/aromatic N) is 3. The minimum absolute atomic E-state index is 0.0354. The van der Waals surface area contributed by atoms with Crippen molar-refractivity contribution in [2.45, 2.75) is 22.6 Å². The van der Waals surface area contributed by atoms with Crippen LogP contribution in [-0.4, -0.2) is 89.7 Å². The standard InChI is InChI=1S/C24H31ClN4O6S2/c1-27-12-14-28(15-13-27)36(31,32)20-7-5-19(6-8-20)26-24(30)18-4-3-11-29(17-18)37(33,34)21-9-10-23(35-2)22(25)16-21/h5-10,16,18H,3-4,11-15,17H2,1-2H3,(H,26,30). The number of ether oxygens (including phenoxy) is 1. The maximum absolute atomic E-state index is 13.2. The minimum atomic E-state index is -3.85. The third kappa shape index (κ3) is 6.10. The van der Waals surface area contributed by atoms with Crippen LogP contribution in [0.3, 0.4) is 0 Å². The molecule has 37 heavy (non-hydrogen) atoms. The molecule has 2 aromatic carbocycles. The summed E-state index contributed by atoms with van der Waals surface area (Å²) < 4.78 is 60.1. The maximum Gasteiger partial charge on any atom is 0.243 e. The second-order valence-electron chi connectivity index (χ2n) is 9.22. The van der Waals surface area contributed by atoms with Crippen molar-refractivity contribution in [2.75, 3.05) is 58.7 Å². The van der Waals surface area contributed by atoms with Gasteiger partial charge in [-0.25, -0.2) is 16.8 Å². The van der Waals surface area contributed by atoms with Crippen LogP contribution in [0.25, 0.3) is 0 Å². The smallest absolute Gasteiger partial charge is 0.243 e. The zero-order chi connectivity index (χ0) is 26.8. The number of rotatable bonds is 7. The van der Waals surface area contributed by atoms with E-state index < -0.39 is 26.0 Å². The summed E-state index contributed by atoms with van der Waals surface area (Å²) in [6, 6.07) is 10.3. The molecular weight excluding hydrogens is 540 g/mol. The van der Waals surface area contributed by atoms with E-state index in [1.54, 1.807) is 12.1 Å². The molecule has 4 rings (SSSR count). The number of sulfonamides is 2. The lowest BCUT2D eigenvalue weighted by atomic mass is 9.99. The van der Waals surface area contributed by atoms with Gasteiger partial charge in [-0.2, -0.15) is 8.61 Å². The molecule has 1 atom stereocenters. The van der Waals surface area contributed by atoms with Crippen LogP contribution in [-0.2, 0) is 24.8 Å². The molecular formula is C24H31ClN4O6S2. The van der Waals surface area contributed by atoms with Gasteiger partial charge in [0.1, 0.15) is 5.75 Å². The van der Waals surface area contributed by atoms with Crippen LogP contribution in [0.4, 0.5) is 5.69 Å². The Bertz CT molecular complexity index is 1340. The van der Waals surface area contributed by atoms with Crippen LogP contribution in [0.5, 0.6) is 5.75 Å². The maximum atomic E-state index is 13.2. The lowest BCUT2D eigenvalue weighted by molar-refractivity contribution is -0.120. The van der Waals surface area contributed by atoms with Gasteiger partial charge in [0.2, 0.25) is 26.0 Å². The second kappa shape index (κ2) is 11.3. The summed E-state index contributed by atoms with van der Waals surface area (Å²) >= 11 is 6.12. The molecule has 1 amide bonds. The Morgan fingerprint density at radius 3 is 2.16 bits per heavy atom. The lowest BCUT2D eigenvalue weighted by Gasteiger charge is -2.31. The number of hydrogen-bond donors (Lipinski definition) is 1. The van der Waals surface area contributed by atoms with E-state index in [2.05, 4.69) is 10.2 Å². The van der Waals surface area contributed by atoms with Crippen molar-refractivity contribution in [1.29, 1.82) is 0 Å². The number of likely N-dealkylation sites (N-methyl/N-ethyl adjacent to an activating group) is 1. The summed E-state index contributed by atoms with van der Waals surface area (Å²) in [6.07, 6.45) is 1.07. The molecule has 2 saturated heterocycles. The van der Waals surface area contributed by atoms with Crippen molar-refractivity contribution < 1.29 is 26.4 Å². The van der Waals surface area contributed by atoms with E-state index in [-0.39, 0.29) is 27.3 Å². The summed E-state index contributed by atoms with van der Waals surface area (Å²) in [4.78, 5) is 15.3. The van der Waals surface area contributed by atoms with Gasteiger partial charge in [-0.1, -0.05) is 11.6 Å². The van der Waals surface area contributed by atoms with Crippen molar-refractivity contribution in [1.82, 2.24) is 13.5 Å². The average Bonchev–Trinajstić information content (AvgIpc) is 2.89. The molecule has 2 aromatic rings. The Kier molecular flexibility index (Phi) is 8.46. The molecule has 2 heterocycles. The number of anilines is 1. The monoisotopic (exact) mass is 570 g/mol. The van der Waals surface area contributed by atoms with Gasteiger partial charge in [0.15, 0.2) is 0 Å². The molecule has 1 N–H and O–H groups in total. The van der Waals surface area contributed by atoms with Gasteiger partial charge < -0.3 is 15.0 Å². The van der Waals surface area contributed by atoms with Gasteiger partial charge >= 0.3 is 0 Å². The van der Waals surface area contributed by atoms with Crippen LogP contribution < -0.4 is 10.1 Å². The summed E-state index contributed by atoms with van der Waals surface area (Å²) in [7, 11) is -4.05. The highest BCUT2D eigenvalue weighted by Gasteiger charge is 2.34. The van der Waals surface area contributed by atoms with E-state index in [1.165, 1.54) is 46.1 Å². The van der Waals surface area contributed by atoms with Gasteiger partial charge in [0.25, 0.3) is 0 Å². The van der Waals surface area contributed by atoms with Crippen molar-refractivity contribution in [3.63, 3.8) is 0 Å². The number of carbonyl (C=O) groups is 1. The number of piperazine rings is 1. The molecule has 202 valence electrons. The van der Waals surface area contributed by atoms with Gasteiger partial charge in [0, 0.05) is 45.0 Å². The Morgan fingerprint density at radius 1 is 0.919 bits per heavy atom. The van der Waals surface area contributed by atoms with Crippen molar-refractivity contribution in [3.8, 4) is 5.75 Å². The number of nitrogens with one attached hydrogen (secondary N) is 1. The molecule has 0 spiro atoms. The fourth-order valence-corrected chi connectivity index (χ4v) is 7.76. The highest BCUT2D eigenvalue weighted by atomic mass is 35.5. The van der Waals surface area contributed by atoms with E-state index in [0.29, 0.717) is 57.0 Å². The predicted octanol–water partition coefficient (Wildman–Crippen LogP) is 2.32. The van der Waals surface area contributed by atoms with Crippen molar-refractivity contribution in [3.05, 3.63) is 47.5 Å². The van der Waals surface area contributed by atoms with E-state index in [4.69, 9.17) is 16.3 Å². The molecule has 2 fully saturated rings. The van der Waals surface area contributed by atoms with Gasteiger partial charge in [0.05, 0.1) is 27.8 Å². The molecule has 0 aliphatic carbocycles. The van der Waals surface area contributed by atoms with Gasteiger partial charge in [-0.15, -0.1) is 0 Å². The predicted molar refractivity (Wildman–Crippen MR) is 141 cm³/mol. The number of halogens is 1. The average molecular weight is 571 g/mol. The fourth-order valence-electron chi connectivity index (χ4n) is 4.46. The molecule has 2 aliphatic heterocycles. The Balaban J connectivity index is 1.41. The van der Waals surface area contributed by atoms with Crippen LogP contribution in [0.1, 0.15) is 12.8 Å². The molecule has 1 unspecified atom stereocenters. The molecule has 0 bridgehead atoms. The molecule has 13 heteroatoms. The highest BCUT2D eigenvalue weighted by molar-refractivity contribution is 7.89. The molecule has 0 saturated carbocycles. The summed E-state index contributed by atoms with van der Waals surface area (Å²) in [6.45, 7) is 2.55. The van der Waals surface area contributed by atoms with E-state index in [0.717, 1.165) is 0 Å². The SMILES string of the molecule is COc1ccc(S(=O)(=O)N2CCCC(C(=O)Nc3ccc(S(=O)(=O)N4CCN(C)CC4)cc3)C2)cc1Cl. The molecule has 0 radical (unpaired) electrons. The summed E-state index contributed by atoms with van der Waals surface area (Å²) in [5.41, 5.74) is 0.448. The first-order valence-electron chi connectivity index (χ1n) is 12.0. The summed E-state index contributed by atoms with van der Waals surface area (Å²) in [5.74, 6) is -0.493. The Morgan fingerprint density at radius 2 is 1.54 bits per heavy atom. The first-order chi connectivity index (χ1) is 17.5. The van der Waals surface area contributed by atoms with Crippen LogP contribution in [0.2, 0.25) is 5.02 Å². The molecule has 0 aromatic heterocycles. The fraction of sp³-hybridized carbons (Fsp3) is 0.458. The topological polar surface area (TPSA) is 116 Å². The second-order valence-corrected chi connectivity index (χ2v) is 13.5. The number of amides is 1. The lowest BCUT2D eigenvalue weighted by Crippen LogP contribution is -2.47. The van der Waals surface area contributed by atoms with E-state index >= 15 is 0 Å². The third-order valence-corrected chi connectivity index (χ3v) is 10.8. The number of hydrogen-bond acceptors (Lipinski definition) is 7. The highest BCUT2D eigenvalue weighted by Crippen LogP contribution is 2.30. The first kappa shape index (κ1) is 27.8. The number of carbonyl (C=O) groups excluding carboxylic acids is 1. The van der Waals surface area contributed by atoms with Crippen LogP contribution >= 0.6 is 11.6 Å². The van der Waals surface area contributed by atoms with Crippen molar-refractivity contribution in [2.24, 2.45) is 5.92 Å². The molecule has 10 nitrogen and oxygen atoms in total. The Labute approximate surface area is 223 Å². The number of benzene rings is 2.